The van der Waals surface area contributed by atoms with Gasteiger partial charge in [-0.05, 0) is 17.2 Å². The first-order chi connectivity index (χ1) is 17.4. The highest BCUT2D eigenvalue weighted by Crippen LogP contribution is 2.49. The van der Waals surface area contributed by atoms with Gasteiger partial charge in [0.25, 0.3) is 11.8 Å². The molecule has 2 atom stereocenters. The number of carbonyl (C=O) groups excluding carboxylic acids is 2. The molecule has 0 bridgehead atoms. The van der Waals surface area contributed by atoms with E-state index < -0.39 is 52.0 Å². The number of β-lactam (4-membered cyclic amide) rings is 1. The second kappa shape index (κ2) is 9.60. The number of amides is 1. The molecule has 198 valence electrons. The van der Waals surface area contributed by atoms with E-state index in [2.05, 4.69) is 10.1 Å². The van der Waals surface area contributed by atoms with Crippen molar-refractivity contribution in [1.82, 2.24) is 23.4 Å². The van der Waals surface area contributed by atoms with Crippen LogP contribution in [-0.4, -0.2) is 63.9 Å². The molecule has 4 rings (SSSR count). The first-order valence-electron chi connectivity index (χ1n) is 10.6. The molecule has 12 nitrogen and oxygen atoms in total. The summed E-state index contributed by atoms with van der Waals surface area (Å²) in [6.07, 6.45) is -2.83. The highest BCUT2D eigenvalue weighted by atomic mass is 32.2. The Bertz CT molecular complexity index is 1400. The molecular formula is C21H21F3N6O6S. The fourth-order valence-electron chi connectivity index (χ4n) is 3.56. The number of aromatic nitrogens is 3. The second-order valence-corrected chi connectivity index (χ2v) is 10.2. The number of nitrogens with zero attached hydrogens (tertiary/aromatic N) is 5. The summed E-state index contributed by atoms with van der Waals surface area (Å²) in [5.41, 5.74) is 7.01. The van der Waals surface area contributed by atoms with Crippen LogP contribution in [0.25, 0.3) is 0 Å². The van der Waals surface area contributed by atoms with E-state index in [1.54, 1.807) is 24.3 Å². The topological polar surface area (TPSA) is 154 Å². The molecule has 3 aromatic rings. The molecule has 1 aromatic carbocycles. The lowest BCUT2D eigenvalue weighted by Gasteiger charge is -2.45. The number of nitrogens with two attached hydrogens (primary N) is 1. The molecule has 2 N–H and O–H groups in total. The number of furan rings is 1. The molecule has 1 fully saturated rings. The van der Waals surface area contributed by atoms with E-state index in [0.717, 1.165) is 25.9 Å². The quantitative estimate of drug-likeness (QED) is 0.417. The van der Waals surface area contributed by atoms with Gasteiger partial charge in [0.05, 0.1) is 11.8 Å². The summed E-state index contributed by atoms with van der Waals surface area (Å²) in [7, 11) is -2.52. The normalized spacial score (nSPS) is 18.2. The summed E-state index contributed by atoms with van der Waals surface area (Å²) in [5.74, 6) is -6.03. The van der Waals surface area contributed by atoms with Gasteiger partial charge in [-0.2, -0.15) is 30.9 Å². The van der Waals surface area contributed by atoms with E-state index in [1.165, 1.54) is 12.3 Å². The Labute approximate surface area is 208 Å². The molecule has 1 saturated heterocycles. The first kappa shape index (κ1) is 26.3. The summed E-state index contributed by atoms with van der Waals surface area (Å²) in [6.45, 7) is 0.151. The van der Waals surface area contributed by atoms with Gasteiger partial charge < -0.3 is 14.9 Å². The van der Waals surface area contributed by atoms with Crippen molar-refractivity contribution in [3.05, 3.63) is 65.4 Å². The molecule has 1 aliphatic rings. The Morgan fingerprint density at radius 2 is 1.84 bits per heavy atom. The van der Waals surface area contributed by atoms with Crippen LogP contribution < -0.4 is 10.5 Å². The molecule has 3 heterocycles. The predicted molar refractivity (Wildman–Crippen MR) is 119 cm³/mol. The third-order valence-corrected chi connectivity index (χ3v) is 7.39. The van der Waals surface area contributed by atoms with Crippen molar-refractivity contribution in [2.24, 2.45) is 11.7 Å². The van der Waals surface area contributed by atoms with Crippen LogP contribution in [0.1, 0.15) is 33.4 Å². The van der Waals surface area contributed by atoms with Gasteiger partial charge in [-0.15, -0.1) is 9.78 Å². The fraction of sp³-hybridized carbons (Fsp3) is 0.333. The van der Waals surface area contributed by atoms with Gasteiger partial charge >= 0.3 is 22.4 Å². The van der Waals surface area contributed by atoms with Gasteiger partial charge in [0.2, 0.25) is 0 Å². The number of hydrogen-bond acceptors (Lipinski definition) is 9. The minimum atomic E-state index is -5.11. The summed E-state index contributed by atoms with van der Waals surface area (Å²) >= 11 is 0. The molecule has 1 aliphatic heterocycles. The zero-order valence-electron chi connectivity index (χ0n) is 19.4. The van der Waals surface area contributed by atoms with E-state index in [9.17, 15) is 31.2 Å². The zero-order valence-corrected chi connectivity index (χ0v) is 20.2. The molecule has 0 aliphatic carbocycles. The highest BCUT2D eigenvalue weighted by Gasteiger charge is 2.67. The van der Waals surface area contributed by atoms with Gasteiger partial charge in [-0.25, -0.2) is 4.31 Å². The van der Waals surface area contributed by atoms with Crippen LogP contribution in [-0.2, 0) is 28.2 Å². The van der Waals surface area contributed by atoms with Crippen molar-refractivity contribution < 1.29 is 40.3 Å². The SMILES string of the molecule is CN(C)S(=O)(=O)N1C(=O)C(C(F)(F)F)C1c1nc(OCc2ccc(CN)cc2)n(C(=O)c2ccoc2)n1. The van der Waals surface area contributed by atoms with Crippen molar-refractivity contribution in [3.63, 3.8) is 0 Å². The number of halogens is 3. The van der Waals surface area contributed by atoms with Crippen LogP contribution in [0.5, 0.6) is 6.01 Å². The van der Waals surface area contributed by atoms with Crippen molar-refractivity contribution in [2.75, 3.05) is 14.1 Å². The molecule has 37 heavy (non-hydrogen) atoms. The van der Waals surface area contributed by atoms with Crippen LogP contribution >= 0.6 is 0 Å². The van der Waals surface area contributed by atoms with E-state index in [1.807, 2.05) is 0 Å². The van der Waals surface area contributed by atoms with Crippen LogP contribution in [0.4, 0.5) is 13.2 Å². The first-order valence-corrected chi connectivity index (χ1v) is 12.0. The Hall–Kier alpha value is -3.76. The molecule has 0 saturated carbocycles. The lowest BCUT2D eigenvalue weighted by atomic mass is 9.89. The molecular weight excluding hydrogens is 521 g/mol. The highest BCUT2D eigenvalue weighted by molar-refractivity contribution is 7.87. The molecule has 2 aromatic heterocycles. The Morgan fingerprint density at radius 1 is 1.19 bits per heavy atom. The predicted octanol–water partition coefficient (Wildman–Crippen LogP) is 1.47. The minimum absolute atomic E-state index is 0.0246. The van der Waals surface area contributed by atoms with Gasteiger partial charge in [0.1, 0.15) is 18.9 Å². The van der Waals surface area contributed by atoms with E-state index in [-0.39, 0.29) is 16.5 Å². The van der Waals surface area contributed by atoms with Crippen LogP contribution in [0.2, 0.25) is 0 Å². The van der Waals surface area contributed by atoms with Gasteiger partial charge in [-0.3, -0.25) is 9.59 Å². The minimum Gasteiger partial charge on any atom is -0.472 e. The smallest absolute Gasteiger partial charge is 0.403 e. The van der Waals surface area contributed by atoms with Crippen LogP contribution in [0.3, 0.4) is 0 Å². The lowest BCUT2D eigenvalue weighted by molar-refractivity contribution is -0.219. The van der Waals surface area contributed by atoms with Gasteiger partial charge in [-0.1, -0.05) is 24.3 Å². The zero-order chi connectivity index (χ0) is 27.1. The summed E-state index contributed by atoms with van der Waals surface area (Å²) in [5, 5.41) is 3.85. The number of benzene rings is 1. The van der Waals surface area contributed by atoms with Crippen LogP contribution in [0, 0.1) is 5.92 Å². The number of rotatable bonds is 8. The van der Waals surface area contributed by atoms with Gasteiger partial charge in [0, 0.05) is 20.6 Å². The number of ether oxygens (including phenoxy) is 1. The number of hydrogen-bond donors (Lipinski definition) is 1. The second-order valence-electron chi connectivity index (χ2n) is 8.18. The Morgan fingerprint density at radius 3 is 2.38 bits per heavy atom. The summed E-state index contributed by atoms with van der Waals surface area (Å²) in [6, 6.07) is 5.49. The van der Waals surface area contributed by atoms with Crippen molar-refractivity contribution in [3.8, 4) is 6.01 Å². The molecule has 1 amide bonds. The number of carbonyl (C=O) groups is 2. The van der Waals surface area contributed by atoms with E-state index in [0.29, 0.717) is 21.1 Å². The third kappa shape index (κ3) is 4.82. The maximum atomic E-state index is 13.7. The standard InChI is InChI=1S/C21H21F3N6O6S/c1-28(2)37(33,34)30-16(15(19(30)32)21(22,23)24)17-26-20(29(27-17)18(31)14-7-8-35-11-14)36-10-13-5-3-12(9-25)4-6-13/h3-8,11,15-16H,9-10,25H2,1-2H3. The fourth-order valence-corrected chi connectivity index (χ4v) is 4.76. The number of alkyl halides is 3. The maximum absolute atomic E-state index is 13.7. The molecule has 0 spiro atoms. The Balaban J connectivity index is 1.75. The van der Waals surface area contributed by atoms with Gasteiger partial charge in [0.15, 0.2) is 11.7 Å². The van der Waals surface area contributed by atoms with Crippen molar-refractivity contribution in [2.45, 2.75) is 25.4 Å². The lowest BCUT2D eigenvalue weighted by Crippen LogP contribution is -2.64. The average molecular weight is 542 g/mol. The molecule has 0 radical (unpaired) electrons. The molecule has 2 unspecified atom stereocenters. The largest absolute Gasteiger partial charge is 0.472 e. The summed E-state index contributed by atoms with van der Waals surface area (Å²) < 4.78 is 78.2. The Kier molecular flexibility index (Phi) is 6.83. The van der Waals surface area contributed by atoms with E-state index >= 15 is 0 Å². The van der Waals surface area contributed by atoms with Crippen LogP contribution in [0.15, 0.2) is 47.3 Å². The summed E-state index contributed by atoms with van der Waals surface area (Å²) in [4.78, 5) is 29.2. The van der Waals surface area contributed by atoms with Crippen molar-refractivity contribution in [1.29, 1.82) is 0 Å². The monoisotopic (exact) mass is 542 g/mol. The van der Waals surface area contributed by atoms with Crippen molar-refractivity contribution >= 4 is 22.0 Å². The average Bonchev–Trinajstić information content (AvgIpc) is 3.50. The molecule has 16 heteroatoms. The maximum Gasteiger partial charge on any atom is 0.403 e. The van der Waals surface area contributed by atoms with E-state index in [4.69, 9.17) is 14.9 Å². The third-order valence-electron chi connectivity index (χ3n) is 5.56.